The third-order valence-electron chi connectivity index (χ3n) is 2.57. The number of hydrogen-bond acceptors (Lipinski definition) is 6. The van der Waals surface area contributed by atoms with Gasteiger partial charge in [0.2, 0.25) is 0 Å². The Kier molecular flexibility index (Phi) is 3.18. The second-order valence-electron chi connectivity index (χ2n) is 3.63. The van der Waals surface area contributed by atoms with Crippen LogP contribution in [0.4, 0.5) is 17.1 Å². The Morgan fingerprint density at radius 3 is 2.11 bits per heavy atom. The lowest BCUT2D eigenvalue weighted by Gasteiger charge is -2.08. The van der Waals surface area contributed by atoms with Crippen LogP contribution in [0.15, 0.2) is 44.7 Å². The fourth-order valence-electron chi connectivity index (χ4n) is 1.79. The van der Waals surface area contributed by atoms with Crippen molar-refractivity contribution in [1.82, 2.24) is 0 Å². The predicted molar refractivity (Wildman–Crippen MR) is 70.9 cm³/mol. The molecule has 6 nitrogen and oxygen atoms in total. The smallest absolute Gasteiger partial charge is 0.153 e. The molecule has 0 aromatic heterocycles. The number of phenolic OH excluding ortho intramolecular Hbond substituents is 1. The van der Waals surface area contributed by atoms with Gasteiger partial charge in [-0.3, -0.25) is 0 Å². The fourth-order valence-corrected chi connectivity index (χ4v) is 1.79. The molecule has 2 rings (SSSR count). The zero-order chi connectivity index (χ0) is 13.1. The quantitative estimate of drug-likeness (QED) is 0.623. The van der Waals surface area contributed by atoms with Crippen molar-refractivity contribution >= 4 is 27.8 Å². The number of fused-ring (bicyclic) bond motifs is 1. The minimum atomic E-state index is 0.00348. The van der Waals surface area contributed by atoms with Crippen LogP contribution in [0, 0.1) is 0 Å². The van der Waals surface area contributed by atoms with Crippen LogP contribution in [-0.4, -0.2) is 19.2 Å². The molecule has 0 unspecified atom stereocenters. The lowest BCUT2D eigenvalue weighted by atomic mass is 10.1. The summed E-state index contributed by atoms with van der Waals surface area (Å²) in [5.74, 6) is 0.00348. The number of azo groups is 2. The molecule has 0 amide bonds. The third kappa shape index (κ3) is 1.88. The molecule has 0 aliphatic carbocycles. The fraction of sp³-hybridized carbons (Fsp3) is 0.167. The van der Waals surface area contributed by atoms with E-state index in [1.807, 2.05) is 12.1 Å². The van der Waals surface area contributed by atoms with Crippen molar-refractivity contribution in [2.24, 2.45) is 20.5 Å². The molecule has 0 heterocycles. The molecule has 0 atom stereocenters. The Hall–Kier alpha value is -2.50. The molecule has 0 aliphatic heterocycles. The lowest BCUT2D eigenvalue weighted by Crippen LogP contribution is -1.88. The van der Waals surface area contributed by atoms with Gasteiger partial charge in [-0.25, -0.2) is 0 Å². The first kappa shape index (κ1) is 12.0. The van der Waals surface area contributed by atoms with Crippen molar-refractivity contribution in [3.05, 3.63) is 24.3 Å². The largest absolute Gasteiger partial charge is 0.505 e. The molecule has 0 bridgehead atoms. The van der Waals surface area contributed by atoms with E-state index >= 15 is 0 Å². The van der Waals surface area contributed by atoms with Crippen LogP contribution in [0.25, 0.3) is 10.8 Å². The molecule has 0 radical (unpaired) electrons. The molecule has 0 saturated carbocycles. The van der Waals surface area contributed by atoms with Crippen LogP contribution < -0.4 is 5.73 Å². The van der Waals surface area contributed by atoms with Crippen LogP contribution in [-0.2, 0) is 0 Å². The molecule has 0 saturated heterocycles. The highest BCUT2D eigenvalue weighted by atomic mass is 16.3. The molecule has 0 spiro atoms. The summed E-state index contributed by atoms with van der Waals surface area (Å²) in [6.07, 6.45) is 0. The Morgan fingerprint density at radius 2 is 1.50 bits per heavy atom. The number of phenols is 1. The van der Waals surface area contributed by atoms with Gasteiger partial charge in [0.25, 0.3) is 0 Å². The second-order valence-corrected chi connectivity index (χ2v) is 3.63. The van der Waals surface area contributed by atoms with Crippen molar-refractivity contribution in [1.29, 1.82) is 0 Å². The van der Waals surface area contributed by atoms with Gasteiger partial charge in [-0.15, -0.1) is 0 Å². The summed E-state index contributed by atoms with van der Waals surface area (Å²) >= 11 is 0. The van der Waals surface area contributed by atoms with Crippen LogP contribution >= 0.6 is 0 Å². The maximum atomic E-state index is 10.1. The predicted octanol–water partition coefficient (Wildman–Crippen LogP) is 3.55. The molecule has 0 aliphatic rings. The summed E-state index contributed by atoms with van der Waals surface area (Å²) < 4.78 is 0. The van der Waals surface area contributed by atoms with E-state index in [2.05, 4.69) is 20.5 Å². The van der Waals surface area contributed by atoms with Crippen molar-refractivity contribution in [2.75, 3.05) is 19.8 Å². The summed E-state index contributed by atoms with van der Waals surface area (Å²) in [6, 6.07) is 7.08. The molecule has 0 fully saturated rings. The van der Waals surface area contributed by atoms with Gasteiger partial charge in [0.15, 0.2) is 5.75 Å². The minimum absolute atomic E-state index is 0.00348. The number of aromatic hydroxyl groups is 1. The zero-order valence-electron chi connectivity index (χ0n) is 10.1. The molecular formula is C12H13N5O. The summed E-state index contributed by atoms with van der Waals surface area (Å²) in [4.78, 5) is 0. The molecule has 6 heteroatoms. The number of nitrogen functional groups attached to an aromatic ring is 1. The third-order valence-corrected chi connectivity index (χ3v) is 2.57. The highest BCUT2D eigenvalue weighted by molar-refractivity contribution is 6.04. The first-order valence-electron chi connectivity index (χ1n) is 5.33. The molecule has 18 heavy (non-hydrogen) atoms. The normalized spacial score (nSPS) is 11.9. The van der Waals surface area contributed by atoms with Gasteiger partial charge in [-0.2, -0.15) is 20.5 Å². The Labute approximate surface area is 104 Å². The standard InChI is InChI=1S/C12H13N5O/c1-14-16-8-5-3-7-4-6-9(17-15-2)12(18)10(7)11(8)13/h3-6,18H,13H2,1-2H3/b16-14+,17-15+. The minimum Gasteiger partial charge on any atom is -0.505 e. The van der Waals surface area contributed by atoms with Crippen molar-refractivity contribution in [2.45, 2.75) is 0 Å². The van der Waals surface area contributed by atoms with Gasteiger partial charge in [0, 0.05) is 14.1 Å². The second kappa shape index (κ2) is 4.79. The number of nitrogens with zero attached hydrogens (tertiary/aromatic N) is 4. The van der Waals surface area contributed by atoms with Crippen LogP contribution in [0.2, 0.25) is 0 Å². The van der Waals surface area contributed by atoms with Gasteiger partial charge in [0.1, 0.15) is 11.4 Å². The SMILES string of the molecule is C/N=N/c1ccc2ccc(/N=N/C)c(O)c2c1N. The first-order chi connectivity index (χ1) is 8.69. The average Bonchev–Trinajstić information content (AvgIpc) is 2.36. The van der Waals surface area contributed by atoms with E-state index in [1.54, 1.807) is 19.2 Å². The van der Waals surface area contributed by atoms with Crippen LogP contribution in [0.1, 0.15) is 0 Å². The topological polar surface area (TPSA) is 95.7 Å². The van der Waals surface area contributed by atoms with E-state index < -0.39 is 0 Å². The summed E-state index contributed by atoms with van der Waals surface area (Å²) in [7, 11) is 3.10. The van der Waals surface area contributed by atoms with Crippen molar-refractivity contribution in [3.63, 3.8) is 0 Å². The monoisotopic (exact) mass is 243 g/mol. The van der Waals surface area contributed by atoms with Gasteiger partial charge in [-0.1, -0.05) is 12.1 Å². The highest BCUT2D eigenvalue weighted by Gasteiger charge is 2.11. The van der Waals surface area contributed by atoms with Gasteiger partial charge in [-0.05, 0) is 17.5 Å². The average molecular weight is 243 g/mol. The maximum Gasteiger partial charge on any atom is 0.153 e. The first-order valence-corrected chi connectivity index (χ1v) is 5.33. The van der Waals surface area contributed by atoms with E-state index in [4.69, 9.17) is 5.73 Å². The van der Waals surface area contributed by atoms with Gasteiger partial charge < -0.3 is 10.8 Å². The van der Waals surface area contributed by atoms with Crippen molar-refractivity contribution < 1.29 is 5.11 Å². The lowest BCUT2D eigenvalue weighted by molar-refractivity contribution is 0.483. The van der Waals surface area contributed by atoms with Crippen LogP contribution in [0.5, 0.6) is 5.75 Å². The number of rotatable bonds is 2. The van der Waals surface area contributed by atoms with E-state index in [0.717, 1.165) is 5.39 Å². The molecule has 2 aromatic carbocycles. The van der Waals surface area contributed by atoms with Gasteiger partial charge >= 0.3 is 0 Å². The Balaban J connectivity index is 2.81. The molecule has 2 aromatic rings. The highest BCUT2D eigenvalue weighted by Crippen LogP contribution is 2.41. The Morgan fingerprint density at radius 1 is 0.944 bits per heavy atom. The number of hydrogen-bond donors (Lipinski definition) is 2. The number of benzene rings is 2. The molecule has 92 valence electrons. The van der Waals surface area contributed by atoms with Crippen LogP contribution in [0.3, 0.4) is 0 Å². The number of anilines is 1. The maximum absolute atomic E-state index is 10.1. The summed E-state index contributed by atoms with van der Waals surface area (Å²) in [5.41, 5.74) is 7.26. The molecular weight excluding hydrogens is 230 g/mol. The molecule has 3 N–H and O–H groups in total. The van der Waals surface area contributed by atoms with E-state index in [0.29, 0.717) is 22.4 Å². The van der Waals surface area contributed by atoms with E-state index in [9.17, 15) is 5.11 Å². The summed E-state index contributed by atoms with van der Waals surface area (Å²) in [6.45, 7) is 0. The summed E-state index contributed by atoms with van der Waals surface area (Å²) in [5, 5.41) is 26.6. The van der Waals surface area contributed by atoms with Gasteiger partial charge in [0.05, 0.1) is 11.1 Å². The van der Waals surface area contributed by atoms with Crippen molar-refractivity contribution in [3.8, 4) is 5.75 Å². The van der Waals surface area contributed by atoms with E-state index in [-0.39, 0.29) is 5.75 Å². The number of nitrogens with two attached hydrogens (primary N) is 1. The van der Waals surface area contributed by atoms with E-state index in [1.165, 1.54) is 7.05 Å². The zero-order valence-corrected chi connectivity index (χ0v) is 10.1. The Bertz CT molecular complexity index is 596.